The van der Waals surface area contributed by atoms with E-state index in [4.69, 9.17) is 0 Å². The van der Waals surface area contributed by atoms with Crippen LogP contribution >= 0.6 is 15.9 Å². The quantitative estimate of drug-likeness (QED) is 0.673. The summed E-state index contributed by atoms with van der Waals surface area (Å²) in [4.78, 5) is 22.2. The van der Waals surface area contributed by atoms with Gasteiger partial charge in [-0.2, -0.15) is 0 Å². The van der Waals surface area contributed by atoms with Gasteiger partial charge in [-0.25, -0.2) is 0 Å². The molecule has 1 aromatic carbocycles. The fourth-order valence-corrected chi connectivity index (χ4v) is 2.52. The molecule has 18 heavy (non-hydrogen) atoms. The lowest BCUT2D eigenvalue weighted by atomic mass is 9.92. The molecule has 1 heterocycles. The molecule has 0 radical (unpaired) electrons. The maximum Gasteiger partial charge on any atom is 0.237 e. The largest absolute Gasteiger partial charge is 0.343 e. The summed E-state index contributed by atoms with van der Waals surface area (Å²) in [6.07, 6.45) is 0.504. The number of halogens is 1. The van der Waals surface area contributed by atoms with Gasteiger partial charge in [-0.05, 0) is 24.1 Å². The molecule has 0 spiro atoms. The van der Waals surface area contributed by atoms with Crippen LogP contribution in [0.3, 0.4) is 0 Å². The monoisotopic (exact) mass is 312 g/mol. The van der Waals surface area contributed by atoms with Gasteiger partial charge >= 0.3 is 0 Å². The van der Waals surface area contributed by atoms with E-state index in [-0.39, 0.29) is 23.7 Å². The fourth-order valence-electron chi connectivity index (χ4n) is 2.12. The van der Waals surface area contributed by atoms with Crippen LogP contribution in [0.2, 0.25) is 0 Å². The normalized spacial score (nSPS) is 23.6. The average molecular weight is 313 g/mol. The van der Waals surface area contributed by atoms with E-state index < -0.39 is 12.1 Å². The summed E-state index contributed by atoms with van der Waals surface area (Å²) >= 11 is 3.40. The standard InChI is InChI=1S/C12H13BrN2O3/c1-7-2-3-8(6-9(7)13)12-10(15(17)18)4-5-11(16)14-12/h2-3,6,10,12H,4-5H2,1H3,(H,14,16)/t10-,12+/m0/s1. The van der Waals surface area contributed by atoms with E-state index in [1.165, 1.54) is 0 Å². The van der Waals surface area contributed by atoms with E-state index in [0.717, 1.165) is 15.6 Å². The number of carbonyl (C=O) groups is 1. The minimum absolute atomic E-state index is 0.130. The molecular formula is C12H13BrN2O3. The van der Waals surface area contributed by atoms with Crippen molar-refractivity contribution in [3.63, 3.8) is 0 Å². The van der Waals surface area contributed by atoms with E-state index in [1.807, 2.05) is 25.1 Å². The summed E-state index contributed by atoms with van der Waals surface area (Å²) in [7, 11) is 0. The van der Waals surface area contributed by atoms with Gasteiger partial charge in [-0.3, -0.25) is 14.9 Å². The number of hydrogen-bond acceptors (Lipinski definition) is 3. The number of hydrogen-bond donors (Lipinski definition) is 1. The van der Waals surface area contributed by atoms with Crippen molar-refractivity contribution in [2.24, 2.45) is 0 Å². The molecule has 1 fully saturated rings. The second-order valence-corrected chi connectivity index (χ2v) is 5.30. The smallest absolute Gasteiger partial charge is 0.237 e. The third-order valence-corrected chi connectivity index (χ3v) is 4.05. The zero-order valence-corrected chi connectivity index (χ0v) is 11.4. The highest BCUT2D eigenvalue weighted by Crippen LogP contribution is 2.29. The van der Waals surface area contributed by atoms with Crippen molar-refractivity contribution in [3.8, 4) is 0 Å². The molecule has 6 heteroatoms. The molecular weight excluding hydrogens is 300 g/mol. The molecule has 1 amide bonds. The van der Waals surface area contributed by atoms with Gasteiger partial charge in [0.2, 0.25) is 11.9 Å². The number of piperidine rings is 1. The van der Waals surface area contributed by atoms with Crippen LogP contribution in [0.5, 0.6) is 0 Å². The van der Waals surface area contributed by atoms with E-state index in [1.54, 1.807) is 0 Å². The van der Waals surface area contributed by atoms with Crippen molar-refractivity contribution in [2.75, 3.05) is 0 Å². The highest BCUT2D eigenvalue weighted by atomic mass is 79.9. The summed E-state index contributed by atoms with van der Waals surface area (Å²) in [5.41, 5.74) is 1.82. The van der Waals surface area contributed by atoms with Crippen molar-refractivity contribution >= 4 is 21.8 Å². The van der Waals surface area contributed by atoms with Gasteiger partial charge in [-0.15, -0.1) is 0 Å². The first-order chi connectivity index (χ1) is 8.49. The van der Waals surface area contributed by atoms with Crippen LogP contribution in [0, 0.1) is 17.0 Å². The molecule has 2 rings (SSSR count). The Morgan fingerprint density at radius 2 is 2.22 bits per heavy atom. The van der Waals surface area contributed by atoms with Crippen molar-refractivity contribution in [1.82, 2.24) is 5.32 Å². The Kier molecular flexibility index (Phi) is 3.65. The number of rotatable bonds is 2. The molecule has 0 bridgehead atoms. The summed E-state index contributed by atoms with van der Waals surface area (Å²) in [6.45, 7) is 1.94. The van der Waals surface area contributed by atoms with Gasteiger partial charge in [0.1, 0.15) is 6.04 Å². The van der Waals surface area contributed by atoms with Gasteiger partial charge in [0, 0.05) is 22.2 Å². The van der Waals surface area contributed by atoms with Crippen molar-refractivity contribution < 1.29 is 9.72 Å². The second kappa shape index (κ2) is 5.06. The Bertz CT molecular complexity index is 504. The first-order valence-electron chi connectivity index (χ1n) is 5.68. The number of aryl methyl sites for hydroxylation is 1. The minimum Gasteiger partial charge on any atom is -0.343 e. The molecule has 0 aromatic heterocycles. The summed E-state index contributed by atoms with van der Waals surface area (Å²) in [6, 6.07) is 4.25. The van der Waals surface area contributed by atoms with Crippen LogP contribution < -0.4 is 5.32 Å². The first kappa shape index (κ1) is 13.0. The summed E-state index contributed by atoms with van der Waals surface area (Å²) in [5.74, 6) is -0.130. The topological polar surface area (TPSA) is 72.2 Å². The predicted octanol–water partition coefficient (Wildman–Crippen LogP) is 2.35. The number of amides is 1. The van der Waals surface area contributed by atoms with Gasteiger partial charge in [0.15, 0.2) is 0 Å². The molecule has 1 aliphatic rings. The van der Waals surface area contributed by atoms with Gasteiger partial charge < -0.3 is 5.32 Å². The van der Waals surface area contributed by atoms with Gasteiger partial charge in [0.25, 0.3) is 0 Å². The second-order valence-electron chi connectivity index (χ2n) is 4.45. The lowest BCUT2D eigenvalue weighted by Gasteiger charge is -2.27. The molecule has 1 saturated heterocycles. The number of benzene rings is 1. The van der Waals surface area contributed by atoms with Gasteiger partial charge in [-0.1, -0.05) is 28.1 Å². The Labute approximate surface area is 113 Å². The van der Waals surface area contributed by atoms with Crippen LogP contribution in [-0.4, -0.2) is 16.9 Å². The van der Waals surface area contributed by atoms with Crippen LogP contribution in [0.15, 0.2) is 22.7 Å². The van der Waals surface area contributed by atoms with E-state index in [0.29, 0.717) is 0 Å². The molecule has 0 unspecified atom stereocenters. The number of nitrogens with one attached hydrogen (secondary N) is 1. The highest BCUT2D eigenvalue weighted by molar-refractivity contribution is 9.10. The molecule has 1 aliphatic heterocycles. The molecule has 1 N–H and O–H groups in total. The van der Waals surface area contributed by atoms with Crippen molar-refractivity contribution in [1.29, 1.82) is 0 Å². The maximum absolute atomic E-state index is 11.4. The maximum atomic E-state index is 11.4. The van der Waals surface area contributed by atoms with E-state index in [9.17, 15) is 14.9 Å². The lowest BCUT2D eigenvalue weighted by Crippen LogP contribution is -2.45. The zero-order valence-electron chi connectivity index (χ0n) is 9.85. The Hall–Kier alpha value is -1.43. The highest BCUT2D eigenvalue weighted by Gasteiger charge is 2.38. The molecule has 0 saturated carbocycles. The number of nitro groups is 1. The summed E-state index contributed by atoms with van der Waals surface area (Å²) in [5, 5.41) is 13.7. The number of carbonyl (C=O) groups excluding carboxylic acids is 1. The lowest BCUT2D eigenvalue weighted by molar-refractivity contribution is -0.529. The summed E-state index contributed by atoms with van der Waals surface area (Å²) < 4.78 is 0.891. The Morgan fingerprint density at radius 1 is 1.50 bits per heavy atom. The van der Waals surface area contributed by atoms with Crippen LogP contribution in [-0.2, 0) is 4.79 Å². The molecule has 0 aliphatic carbocycles. The van der Waals surface area contributed by atoms with Gasteiger partial charge in [0.05, 0.1) is 0 Å². The van der Waals surface area contributed by atoms with E-state index >= 15 is 0 Å². The molecule has 2 atom stereocenters. The third-order valence-electron chi connectivity index (χ3n) is 3.19. The zero-order chi connectivity index (χ0) is 13.3. The molecule has 1 aromatic rings. The number of nitrogens with zero attached hydrogens (tertiary/aromatic N) is 1. The van der Waals surface area contributed by atoms with Crippen LogP contribution in [0.4, 0.5) is 0 Å². The van der Waals surface area contributed by atoms with Crippen molar-refractivity contribution in [2.45, 2.75) is 31.8 Å². The van der Waals surface area contributed by atoms with Crippen LogP contribution in [0.1, 0.15) is 30.0 Å². The molecule has 5 nitrogen and oxygen atoms in total. The Balaban J connectivity index is 2.34. The molecule has 96 valence electrons. The SMILES string of the molecule is Cc1ccc([C@H]2NC(=O)CC[C@@H]2[N+](=O)[O-])cc1Br. The predicted molar refractivity (Wildman–Crippen MR) is 69.8 cm³/mol. The minimum atomic E-state index is -0.752. The van der Waals surface area contributed by atoms with Crippen molar-refractivity contribution in [3.05, 3.63) is 43.9 Å². The fraction of sp³-hybridized carbons (Fsp3) is 0.417. The first-order valence-corrected chi connectivity index (χ1v) is 6.47. The average Bonchev–Trinajstić information content (AvgIpc) is 2.32. The Morgan fingerprint density at radius 3 is 2.83 bits per heavy atom. The van der Waals surface area contributed by atoms with Crippen LogP contribution in [0.25, 0.3) is 0 Å². The van der Waals surface area contributed by atoms with E-state index in [2.05, 4.69) is 21.2 Å². The third kappa shape index (κ3) is 2.53.